The first kappa shape index (κ1) is 13.8. The molecule has 0 radical (unpaired) electrons. The van der Waals surface area contributed by atoms with E-state index < -0.39 is 5.97 Å². The van der Waals surface area contributed by atoms with E-state index in [2.05, 4.69) is 22.0 Å². The second kappa shape index (κ2) is 6.06. The fourth-order valence-electron chi connectivity index (χ4n) is 3.04. The van der Waals surface area contributed by atoms with Crippen LogP contribution in [0.5, 0.6) is 0 Å². The quantitative estimate of drug-likeness (QED) is 0.935. The zero-order valence-electron chi connectivity index (χ0n) is 11.7. The molecule has 1 aliphatic rings. The van der Waals surface area contributed by atoms with Gasteiger partial charge in [-0.15, -0.1) is 0 Å². The van der Waals surface area contributed by atoms with Crippen LogP contribution in [-0.2, 0) is 11.3 Å². The van der Waals surface area contributed by atoms with E-state index >= 15 is 0 Å². The maximum absolute atomic E-state index is 11.5. The van der Waals surface area contributed by atoms with E-state index in [0.29, 0.717) is 6.54 Å². The molecule has 108 valence electrons. The van der Waals surface area contributed by atoms with Crippen molar-refractivity contribution in [2.75, 3.05) is 13.1 Å². The Kier molecular flexibility index (Phi) is 3.97. The van der Waals surface area contributed by atoms with E-state index in [1.165, 1.54) is 5.56 Å². The number of pyridine rings is 1. The van der Waals surface area contributed by atoms with Crippen LogP contribution in [0.25, 0.3) is 0 Å². The summed E-state index contributed by atoms with van der Waals surface area (Å²) in [5.74, 6) is -1.07. The summed E-state index contributed by atoms with van der Waals surface area (Å²) >= 11 is 0. The van der Waals surface area contributed by atoms with Gasteiger partial charge in [0.15, 0.2) is 0 Å². The molecular formula is C17H18N2O2. The van der Waals surface area contributed by atoms with Crippen LogP contribution in [0.2, 0.25) is 0 Å². The maximum atomic E-state index is 11.5. The van der Waals surface area contributed by atoms with Gasteiger partial charge in [-0.3, -0.25) is 14.7 Å². The van der Waals surface area contributed by atoms with E-state index in [-0.39, 0.29) is 11.8 Å². The van der Waals surface area contributed by atoms with E-state index in [1.807, 2.05) is 30.3 Å². The molecule has 0 aliphatic carbocycles. The maximum Gasteiger partial charge on any atom is 0.308 e. The normalized spacial score (nSPS) is 22.3. The third-order valence-electron chi connectivity index (χ3n) is 4.07. The van der Waals surface area contributed by atoms with Crippen LogP contribution in [0, 0.1) is 5.92 Å². The van der Waals surface area contributed by atoms with Crippen LogP contribution >= 0.6 is 0 Å². The van der Waals surface area contributed by atoms with E-state index in [0.717, 1.165) is 18.7 Å². The van der Waals surface area contributed by atoms with E-state index in [4.69, 9.17) is 0 Å². The third-order valence-corrected chi connectivity index (χ3v) is 4.07. The Labute approximate surface area is 124 Å². The first-order valence-corrected chi connectivity index (χ1v) is 7.13. The van der Waals surface area contributed by atoms with E-state index in [1.54, 1.807) is 12.4 Å². The smallest absolute Gasteiger partial charge is 0.308 e. The number of hydrogen-bond acceptors (Lipinski definition) is 3. The van der Waals surface area contributed by atoms with Gasteiger partial charge >= 0.3 is 5.97 Å². The molecule has 4 nitrogen and oxygen atoms in total. The second-order valence-electron chi connectivity index (χ2n) is 5.52. The van der Waals surface area contributed by atoms with Crippen LogP contribution in [0.15, 0.2) is 54.9 Å². The van der Waals surface area contributed by atoms with Crippen LogP contribution in [-0.4, -0.2) is 34.0 Å². The summed E-state index contributed by atoms with van der Waals surface area (Å²) in [7, 11) is 0. The molecule has 1 N–H and O–H groups in total. The zero-order chi connectivity index (χ0) is 14.7. The standard InChI is InChI=1S/C17H18N2O2/c20-17(21)16-12-19(10-13-5-2-1-3-6-13)11-15(16)14-7-4-8-18-9-14/h1-9,15-16H,10-12H2,(H,20,21)/t15-,16+/m0/s1. The fourth-order valence-corrected chi connectivity index (χ4v) is 3.04. The number of carboxylic acid groups (broad SMARTS) is 1. The number of rotatable bonds is 4. The van der Waals surface area contributed by atoms with Gasteiger partial charge in [-0.2, -0.15) is 0 Å². The van der Waals surface area contributed by atoms with Crippen molar-refractivity contribution in [3.05, 3.63) is 66.0 Å². The van der Waals surface area contributed by atoms with Crippen molar-refractivity contribution >= 4 is 5.97 Å². The predicted molar refractivity (Wildman–Crippen MR) is 79.8 cm³/mol. The number of nitrogens with zero attached hydrogens (tertiary/aromatic N) is 2. The molecule has 2 atom stereocenters. The Morgan fingerprint density at radius 1 is 1.19 bits per heavy atom. The van der Waals surface area contributed by atoms with Crippen LogP contribution < -0.4 is 0 Å². The monoisotopic (exact) mass is 282 g/mol. The molecule has 1 saturated heterocycles. The Morgan fingerprint density at radius 2 is 2.00 bits per heavy atom. The highest BCUT2D eigenvalue weighted by Gasteiger charge is 2.38. The molecule has 3 rings (SSSR count). The highest BCUT2D eigenvalue weighted by Crippen LogP contribution is 2.33. The van der Waals surface area contributed by atoms with Gasteiger partial charge < -0.3 is 5.11 Å². The third kappa shape index (κ3) is 3.11. The number of aromatic nitrogens is 1. The first-order chi connectivity index (χ1) is 10.2. The molecule has 2 heterocycles. The van der Waals surface area contributed by atoms with Crippen molar-refractivity contribution in [1.29, 1.82) is 0 Å². The minimum Gasteiger partial charge on any atom is -0.481 e. The minimum absolute atomic E-state index is 0.0138. The average molecular weight is 282 g/mol. The molecule has 0 amide bonds. The number of carboxylic acids is 1. The summed E-state index contributed by atoms with van der Waals surface area (Å²) in [4.78, 5) is 17.9. The Morgan fingerprint density at radius 3 is 2.67 bits per heavy atom. The van der Waals surface area contributed by atoms with Crippen molar-refractivity contribution in [3.8, 4) is 0 Å². The van der Waals surface area contributed by atoms with Crippen molar-refractivity contribution in [2.45, 2.75) is 12.5 Å². The highest BCUT2D eigenvalue weighted by molar-refractivity contribution is 5.72. The van der Waals surface area contributed by atoms with Gasteiger partial charge in [0.05, 0.1) is 5.92 Å². The molecule has 0 unspecified atom stereocenters. The van der Waals surface area contributed by atoms with Gasteiger partial charge in [0.1, 0.15) is 0 Å². The molecule has 21 heavy (non-hydrogen) atoms. The Balaban J connectivity index is 1.77. The fraction of sp³-hybridized carbons (Fsp3) is 0.294. The van der Waals surface area contributed by atoms with Gasteiger partial charge in [-0.1, -0.05) is 36.4 Å². The van der Waals surface area contributed by atoms with Gasteiger partial charge in [0, 0.05) is 37.9 Å². The van der Waals surface area contributed by atoms with Crippen LogP contribution in [0.3, 0.4) is 0 Å². The molecule has 1 aromatic heterocycles. The first-order valence-electron chi connectivity index (χ1n) is 7.13. The van der Waals surface area contributed by atoms with Gasteiger partial charge in [-0.25, -0.2) is 0 Å². The lowest BCUT2D eigenvalue weighted by Crippen LogP contribution is -2.23. The topological polar surface area (TPSA) is 53.4 Å². The van der Waals surface area contributed by atoms with Gasteiger partial charge in [-0.05, 0) is 17.2 Å². The summed E-state index contributed by atoms with van der Waals surface area (Å²) < 4.78 is 0. The summed E-state index contributed by atoms with van der Waals surface area (Å²) in [6, 6.07) is 14.0. The number of likely N-dealkylation sites (tertiary alicyclic amines) is 1. The lowest BCUT2D eigenvalue weighted by molar-refractivity contribution is -0.141. The van der Waals surface area contributed by atoms with Crippen molar-refractivity contribution in [3.63, 3.8) is 0 Å². The second-order valence-corrected chi connectivity index (χ2v) is 5.52. The number of aliphatic carboxylic acids is 1. The molecule has 1 aliphatic heterocycles. The molecule has 2 aromatic rings. The van der Waals surface area contributed by atoms with E-state index in [9.17, 15) is 9.90 Å². The zero-order valence-corrected chi connectivity index (χ0v) is 11.7. The summed E-state index contributed by atoms with van der Waals surface area (Å²) in [6.45, 7) is 2.14. The number of carbonyl (C=O) groups is 1. The molecule has 4 heteroatoms. The van der Waals surface area contributed by atoms with Crippen molar-refractivity contribution in [2.24, 2.45) is 5.92 Å². The molecule has 1 fully saturated rings. The minimum atomic E-state index is -0.723. The largest absolute Gasteiger partial charge is 0.481 e. The SMILES string of the molecule is O=C(O)[C@@H]1CN(Cc2ccccc2)C[C@H]1c1cccnc1. The number of benzene rings is 1. The number of hydrogen-bond donors (Lipinski definition) is 1. The van der Waals surface area contributed by atoms with Crippen molar-refractivity contribution < 1.29 is 9.90 Å². The lowest BCUT2D eigenvalue weighted by Gasteiger charge is -2.16. The summed E-state index contributed by atoms with van der Waals surface area (Å²) in [5, 5.41) is 9.48. The molecule has 0 spiro atoms. The average Bonchev–Trinajstić information content (AvgIpc) is 2.93. The Bertz CT molecular complexity index is 601. The van der Waals surface area contributed by atoms with Gasteiger partial charge in [0.2, 0.25) is 0 Å². The predicted octanol–water partition coefficient (Wildman–Crippen LogP) is 2.38. The highest BCUT2D eigenvalue weighted by atomic mass is 16.4. The summed E-state index contributed by atoms with van der Waals surface area (Å²) in [5.41, 5.74) is 2.23. The molecular weight excluding hydrogens is 264 g/mol. The van der Waals surface area contributed by atoms with Crippen LogP contribution in [0.4, 0.5) is 0 Å². The van der Waals surface area contributed by atoms with Crippen molar-refractivity contribution in [1.82, 2.24) is 9.88 Å². The molecule has 0 bridgehead atoms. The van der Waals surface area contributed by atoms with Gasteiger partial charge in [0.25, 0.3) is 0 Å². The summed E-state index contributed by atoms with van der Waals surface area (Å²) in [6.07, 6.45) is 3.50. The Hall–Kier alpha value is -2.20. The lowest BCUT2D eigenvalue weighted by atomic mass is 9.90. The van der Waals surface area contributed by atoms with Crippen LogP contribution in [0.1, 0.15) is 17.0 Å². The molecule has 1 aromatic carbocycles. The molecule has 0 saturated carbocycles.